The number of anilines is 1. The van der Waals surface area contributed by atoms with Crippen molar-refractivity contribution in [3.63, 3.8) is 0 Å². The molecule has 1 aliphatic carbocycles. The van der Waals surface area contributed by atoms with Gasteiger partial charge in [0.15, 0.2) is 0 Å². The third-order valence-electron chi connectivity index (χ3n) is 2.88. The zero-order valence-corrected chi connectivity index (χ0v) is 10.1. The Labute approximate surface area is 105 Å². The second-order valence-corrected chi connectivity index (χ2v) is 4.45. The Bertz CT molecular complexity index is 518. The molecule has 0 spiro atoms. The van der Waals surface area contributed by atoms with Crippen molar-refractivity contribution in [1.29, 1.82) is 5.26 Å². The molecule has 1 aliphatic rings. The normalized spacial score (nSPS) is 14.1. The van der Waals surface area contributed by atoms with Gasteiger partial charge in [0.2, 0.25) is 5.91 Å². The minimum Gasteiger partial charge on any atom is -0.325 e. The number of benzene rings is 1. The van der Waals surface area contributed by atoms with Crippen LogP contribution < -0.4 is 10.6 Å². The third-order valence-corrected chi connectivity index (χ3v) is 2.88. The van der Waals surface area contributed by atoms with E-state index >= 15 is 0 Å². The van der Waals surface area contributed by atoms with Crippen LogP contribution in [0.15, 0.2) is 12.1 Å². The van der Waals surface area contributed by atoms with E-state index in [0.29, 0.717) is 17.3 Å². The van der Waals surface area contributed by atoms with E-state index in [2.05, 4.69) is 10.6 Å². The lowest BCUT2D eigenvalue weighted by Crippen LogP contribution is -2.29. The van der Waals surface area contributed by atoms with E-state index in [4.69, 9.17) is 5.26 Å². The fourth-order valence-electron chi connectivity index (χ4n) is 1.59. The highest BCUT2D eigenvalue weighted by Crippen LogP contribution is 2.21. The maximum Gasteiger partial charge on any atom is 0.238 e. The summed E-state index contributed by atoms with van der Waals surface area (Å²) in [6.45, 7) is 1.78. The van der Waals surface area contributed by atoms with Crippen LogP contribution in [0.5, 0.6) is 0 Å². The van der Waals surface area contributed by atoms with Crippen LogP contribution in [-0.4, -0.2) is 18.5 Å². The maximum atomic E-state index is 13.5. The number of carbonyl (C=O) groups excluding carboxylic acids is 1. The zero-order chi connectivity index (χ0) is 13.1. The van der Waals surface area contributed by atoms with Crippen LogP contribution in [0, 0.1) is 24.1 Å². The lowest BCUT2D eigenvalue weighted by Gasteiger charge is -2.10. The van der Waals surface area contributed by atoms with Gasteiger partial charge in [0, 0.05) is 17.3 Å². The van der Waals surface area contributed by atoms with Crippen LogP contribution in [0.25, 0.3) is 0 Å². The van der Waals surface area contributed by atoms with Crippen molar-refractivity contribution in [2.24, 2.45) is 0 Å². The van der Waals surface area contributed by atoms with E-state index in [-0.39, 0.29) is 18.0 Å². The van der Waals surface area contributed by atoms with E-state index in [1.54, 1.807) is 6.92 Å². The molecule has 0 saturated heterocycles. The molecule has 94 valence electrons. The van der Waals surface area contributed by atoms with Crippen LogP contribution in [0.2, 0.25) is 0 Å². The highest BCUT2D eigenvalue weighted by Gasteiger charge is 2.21. The molecule has 1 saturated carbocycles. The summed E-state index contributed by atoms with van der Waals surface area (Å²) in [6.07, 6.45) is 2.20. The average molecular weight is 247 g/mol. The number of nitrogens with one attached hydrogen (secondary N) is 2. The van der Waals surface area contributed by atoms with Gasteiger partial charge in [0.1, 0.15) is 5.82 Å². The maximum absolute atomic E-state index is 13.5. The highest BCUT2D eigenvalue weighted by atomic mass is 19.1. The first-order valence-corrected chi connectivity index (χ1v) is 5.83. The summed E-state index contributed by atoms with van der Waals surface area (Å²) in [4.78, 5) is 11.6. The van der Waals surface area contributed by atoms with Crippen molar-refractivity contribution >= 4 is 11.6 Å². The number of hydrogen-bond donors (Lipinski definition) is 2. The molecule has 5 heteroatoms. The molecule has 0 aromatic heterocycles. The summed E-state index contributed by atoms with van der Waals surface area (Å²) in [5.41, 5.74) is 0.895. The Morgan fingerprint density at radius 2 is 2.28 bits per heavy atom. The van der Waals surface area contributed by atoms with Crippen molar-refractivity contribution < 1.29 is 9.18 Å². The van der Waals surface area contributed by atoms with E-state index < -0.39 is 5.82 Å². The minimum atomic E-state index is -0.487. The van der Waals surface area contributed by atoms with Gasteiger partial charge >= 0.3 is 0 Å². The number of carbonyl (C=O) groups is 1. The molecule has 0 aliphatic heterocycles. The van der Waals surface area contributed by atoms with Crippen LogP contribution in [0.3, 0.4) is 0 Å². The van der Waals surface area contributed by atoms with Gasteiger partial charge in [-0.25, -0.2) is 4.39 Å². The lowest BCUT2D eigenvalue weighted by atomic mass is 10.1. The number of amides is 1. The van der Waals surface area contributed by atoms with E-state index in [1.165, 1.54) is 6.07 Å². The predicted octanol–water partition coefficient (Wildman–Crippen LogP) is 1.70. The standard InChI is InChI=1S/C13H14FN3O/c1-8-11(14)4-9(6-15)5-12(8)17-13(18)7-16-10-2-3-10/h4-5,10,16H,2-3,7H2,1H3,(H,17,18). The number of nitriles is 1. The van der Waals surface area contributed by atoms with Gasteiger partial charge in [0.05, 0.1) is 18.2 Å². The summed E-state index contributed by atoms with van der Waals surface area (Å²) in [5, 5.41) is 14.4. The average Bonchev–Trinajstić information content (AvgIpc) is 3.16. The molecule has 1 aromatic rings. The molecule has 0 unspecified atom stereocenters. The first kappa shape index (κ1) is 12.5. The summed E-state index contributed by atoms with van der Waals surface area (Å²) in [6, 6.07) is 4.95. The SMILES string of the molecule is Cc1c(F)cc(C#N)cc1NC(=O)CNC1CC1. The number of nitrogens with zero attached hydrogens (tertiary/aromatic N) is 1. The molecular weight excluding hydrogens is 233 g/mol. The molecule has 1 fully saturated rings. The molecule has 0 radical (unpaired) electrons. The molecule has 18 heavy (non-hydrogen) atoms. The molecule has 2 N–H and O–H groups in total. The smallest absolute Gasteiger partial charge is 0.238 e. The number of rotatable bonds is 4. The molecule has 0 heterocycles. The Balaban J connectivity index is 2.05. The Morgan fingerprint density at radius 1 is 1.56 bits per heavy atom. The number of halogens is 1. The quantitative estimate of drug-likeness (QED) is 0.851. The minimum absolute atomic E-state index is 0.198. The second-order valence-electron chi connectivity index (χ2n) is 4.45. The van der Waals surface area contributed by atoms with Gasteiger partial charge in [0.25, 0.3) is 0 Å². The van der Waals surface area contributed by atoms with Gasteiger partial charge in [-0.3, -0.25) is 4.79 Å². The zero-order valence-electron chi connectivity index (χ0n) is 10.1. The number of hydrogen-bond acceptors (Lipinski definition) is 3. The van der Waals surface area contributed by atoms with Crippen molar-refractivity contribution in [1.82, 2.24) is 5.32 Å². The van der Waals surface area contributed by atoms with Crippen molar-refractivity contribution in [3.05, 3.63) is 29.1 Å². The summed E-state index contributed by atoms with van der Waals surface area (Å²) in [5.74, 6) is -0.709. The Kier molecular flexibility index (Phi) is 3.58. The third kappa shape index (κ3) is 3.05. The summed E-state index contributed by atoms with van der Waals surface area (Å²) >= 11 is 0. The lowest BCUT2D eigenvalue weighted by molar-refractivity contribution is -0.115. The molecule has 2 rings (SSSR count). The molecule has 1 aromatic carbocycles. The monoisotopic (exact) mass is 247 g/mol. The van der Waals surface area contributed by atoms with E-state index in [9.17, 15) is 9.18 Å². The van der Waals surface area contributed by atoms with Gasteiger partial charge in [-0.2, -0.15) is 5.26 Å². The van der Waals surface area contributed by atoms with Crippen molar-refractivity contribution in [2.75, 3.05) is 11.9 Å². The van der Waals surface area contributed by atoms with E-state index in [0.717, 1.165) is 18.9 Å². The summed E-state index contributed by atoms with van der Waals surface area (Å²) in [7, 11) is 0. The van der Waals surface area contributed by atoms with Crippen LogP contribution >= 0.6 is 0 Å². The first-order valence-electron chi connectivity index (χ1n) is 5.83. The van der Waals surface area contributed by atoms with Gasteiger partial charge < -0.3 is 10.6 Å². The first-order chi connectivity index (χ1) is 8.60. The Morgan fingerprint density at radius 3 is 2.89 bits per heavy atom. The molecular formula is C13H14FN3O. The molecule has 0 atom stereocenters. The van der Waals surface area contributed by atoms with Gasteiger partial charge in [-0.15, -0.1) is 0 Å². The second kappa shape index (κ2) is 5.15. The Hall–Kier alpha value is -1.93. The van der Waals surface area contributed by atoms with Crippen molar-refractivity contribution in [2.45, 2.75) is 25.8 Å². The molecule has 0 bridgehead atoms. The van der Waals surface area contributed by atoms with Crippen molar-refractivity contribution in [3.8, 4) is 6.07 Å². The van der Waals surface area contributed by atoms with E-state index in [1.807, 2.05) is 6.07 Å². The summed E-state index contributed by atoms with van der Waals surface area (Å²) < 4.78 is 13.5. The van der Waals surface area contributed by atoms with Crippen LogP contribution in [-0.2, 0) is 4.79 Å². The van der Waals surface area contributed by atoms with Crippen LogP contribution in [0.4, 0.5) is 10.1 Å². The fraction of sp³-hybridized carbons (Fsp3) is 0.385. The topological polar surface area (TPSA) is 64.9 Å². The molecule has 4 nitrogen and oxygen atoms in total. The van der Waals surface area contributed by atoms with Gasteiger partial charge in [-0.05, 0) is 31.9 Å². The predicted molar refractivity (Wildman–Crippen MR) is 65.5 cm³/mol. The fourth-order valence-corrected chi connectivity index (χ4v) is 1.59. The van der Waals surface area contributed by atoms with Gasteiger partial charge in [-0.1, -0.05) is 0 Å². The highest BCUT2D eigenvalue weighted by molar-refractivity contribution is 5.93. The molecule has 1 amide bonds. The largest absolute Gasteiger partial charge is 0.325 e. The van der Waals surface area contributed by atoms with Crippen LogP contribution in [0.1, 0.15) is 24.0 Å².